The Labute approximate surface area is 118 Å². The number of halogens is 3. The third-order valence-electron chi connectivity index (χ3n) is 4.38. The Kier molecular flexibility index (Phi) is 4.74. The summed E-state index contributed by atoms with van der Waals surface area (Å²) in [6.07, 6.45) is -0.986. The molecule has 0 aromatic heterocycles. The molecule has 3 atom stereocenters. The first kappa shape index (κ1) is 15.4. The van der Waals surface area contributed by atoms with Gasteiger partial charge in [-0.25, -0.2) is 0 Å². The zero-order chi connectivity index (χ0) is 14.8. The largest absolute Gasteiger partial charge is 0.416 e. The van der Waals surface area contributed by atoms with Crippen molar-refractivity contribution in [1.82, 2.24) is 5.32 Å². The van der Waals surface area contributed by atoms with Crippen LogP contribution < -0.4 is 5.32 Å². The monoisotopic (exact) mass is 285 g/mol. The highest BCUT2D eigenvalue weighted by molar-refractivity contribution is 5.28. The molecule has 112 valence electrons. The molecule has 3 unspecified atom stereocenters. The molecule has 1 saturated carbocycles. The van der Waals surface area contributed by atoms with E-state index in [1.165, 1.54) is 12.1 Å². The van der Waals surface area contributed by atoms with Gasteiger partial charge < -0.3 is 5.32 Å². The van der Waals surface area contributed by atoms with Gasteiger partial charge in [0.15, 0.2) is 0 Å². The molecule has 1 aromatic rings. The van der Waals surface area contributed by atoms with Gasteiger partial charge in [0.1, 0.15) is 0 Å². The molecular weight excluding hydrogens is 263 g/mol. The van der Waals surface area contributed by atoms with Crippen molar-refractivity contribution >= 4 is 0 Å². The average molecular weight is 285 g/mol. The van der Waals surface area contributed by atoms with Gasteiger partial charge in [-0.1, -0.05) is 26.0 Å². The van der Waals surface area contributed by atoms with Crippen molar-refractivity contribution < 1.29 is 13.2 Å². The van der Waals surface area contributed by atoms with E-state index in [1.54, 1.807) is 12.1 Å². The molecule has 1 fully saturated rings. The summed E-state index contributed by atoms with van der Waals surface area (Å²) >= 11 is 0. The van der Waals surface area contributed by atoms with Crippen LogP contribution in [0, 0.1) is 5.92 Å². The molecule has 0 aliphatic heterocycles. The van der Waals surface area contributed by atoms with Crippen molar-refractivity contribution in [2.24, 2.45) is 5.92 Å². The molecular formula is C16H22F3N. The second-order valence-corrected chi connectivity index (χ2v) is 5.72. The molecule has 0 heterocycles. The minimum Gasteiger partial charge on any atom is -0.314 e. The number of nitrogens with one attached hydrogen (secondary N) is 1. The molecule has 0 bridgehead atoms. The summed E-state index contributed by atoms with van der Waals surface area (Å²) in [7, 11) is 0. The summed E-state index contributed by atoms with van der Waals surface area (Å²) in [6.45, 7) is 5.34. The number of hydrogen-bond acceptors (Lipinski definition) is 1. The quantitative estimate of drug-likeness (QED) is 0.853. The van der Waals surface area contributed by atoms with E-state index in [0.29, 0.717) is 17.9 Å². The summed E-state index contributed by atoms with van der Waals surface area (Å²) in [5, 5.41) is 3.54. The van der Waals surface area contributed by atoms with E-state index in [0.717, 1.165) is 31.4 Å². The number of benzene rings is 1. The normalized spacial score (nSPS) is 26.9. The Hall–Kier alpha value is -1.03. The first-order valence-electron chi connectivity index (χ1n) is 7.34. The van der Waals surface area contributed by atoms with Crippen molar-refractivity contribution in [3.63, 3.8) is 0 Å². The summed E-state index contributed by atoms with van der Waals surface area (Å²) in [4.78, 5) is 0. The fourth-order valence-electron chi connectivity index (χ4n) is 3.17. The highest BCUT2D eigenvalue weighted by Crippen LogP contribution is 2.40. The number of rotatable bonds is 4. The predicted molar refractivity (Wildman–Crippen MR) is 74.7 cm³/mol. The number of alkyl halides is 3. The SMILES string of the molecule is CCCNC1CCC(c2ccc(C(F)(F)F)cc2)C1C. The van der Waals surface area contributed by atoms with Gasteiger partial charge in [0.05, 0.1) is 5.56 Å². The van der Waals surface area contributed by atoms with Crippen molar-refractivity contribution in [1.29, 1.82) is 0 Å². The molecule has 4 heteroatoms. The standard InChI is InChI=1S/C16H22F3N/c1-3-10-20-15-9-8-14(11(15)2)12-4-6-13(7-5-12)16(17,18)19/h4-7,11,14-15,20H,3,8-10H2,1-2H3. The van der Waals surface area contributed by atoms with Crippen molar-refractivity contribution in [3.8, 4) is 0 Å². The zero-order valence-electron chi connectivity index (χ0n) is 12.0. The van der Waals surface area contributed by atoms with Crippen LogP contribution in [0.5, 0.6) is 0 Å². The van der Waals surface area contributed by atoms with E-state index < -0.39 is 11.7 Å². The lowest BCUT2D eigenvalue weighted by atomic mass is 9.88. The Bertz CT molecular complexity index is 424. The molecule has 20 heavy (non-hydrogen) atoms. The highest BCUT2D eigenvalue weighted by Gasteiger charge is 2.34. The van der Waals surface area contributed by atoms with Crippen LogP contribution in [0.4, 0.5) is 13.2 Å². The van der Waals surface area contributed by atoms with Gasteiger partial charge in [0.2, 0.25) is 0 Å². The molecule has 1 aromatic carbocycles. The van der Waals surface area contributed by atoms with Gasteiger partial charge in [0.25, 0.3) is 0 Å². The van der Waals surface area contributed by atoms with E-state index >= 15 is 0 Å². The maximum Gasteiger partial charge on any atom is 0.416 e. The number of hydrogen-bond donors (Lipinski definition) is 1. The van der Waals surface area contributed by atoms with E-state index in [1.807, 2.05) is 0 Å². The molecule has 1 nitrogen and oxygen atoms in total. The van der Waals surface area contributed by atoms with E-state index in [-0.39, 0.29) is 0 Å². The Morgan fingerprint density at radius 2 is 1.80 bits per heavy atom. The predicted octanol–water partition coefficient (Wildman–Crippen LogP) is 4.59. The van der Waals surface area contributed by atoms with Crippen LogP contribution in [-0.4, -0.2) is 12.6 Å². The van der Waals surface area contributed by atoms with Gasteiger partial charge in [-0.2, -0.15) is 13.2 Å². The smallest absolute Gasteiger partial charge is 0.314 e. The highest BCUT2D eigenvalue weighted by atomic mass is 19.4. The minimum absolute atomic E-state index is 0.367. The molecule has 1 aliphatic rings. The van der Waals surface area contributed by atoms with Crippen LogP contribution in [0.3, 0.4) is 0 Å². The van der Waals surface area contributed by atoms with Crippen molar-refractivity contribution in [2.45, 2.75) is 51.2 Å². The summed E-state index contributed by atoms with van der Waals surface area (Å²) in [5.41, 5.74) is 0.471. The lowest BCUT2D eigenvalue weighted by Crippen LogP contribution is -2.32. The minimum atomic E-state index is -4.25. The molecule has 0 saturated heterocycles. The lowest BCUT2D eigenvalue weighted by Gasteiger charge is -2.22. The Morgan fingerprint density at radius 3 is 2.35 bits per heavy atom. The molecule has 2 rings (SSSR count). The van der Waals surface area contributed by atoms with Crippen LogP contribution >= 0.6 is 0 Å². The molecule has 0 amide bonds. The fourth-order valence-corrected chi connectivity index (χ4v) is 3.17. The topological polar surface area (TPSA) is 12.0 Å². The van der Waals surface area contributed by atoms with Crippen LogP contribution in [0.15, 0.2) is 24.3 Å². The van der Waals surface area contributed by atoms with Crippen LogP contribution in [0.25, 0.3) is 0 Å². The van der Waals surface area contributed by atoms with Crippen molar-refractivity contribution in [2.75, 3.05) is 6.54 Å². The molecule has 0 radical (unpaired) electrons. The maximum absolute atomic E-state index is 12.6. The summed E-state index contributed by atoms with van der Waals surface area (Å²) in [5.74, 6) is 0.838. The zero-order valence-corrected chi connectivity index (χ0v) is 12.0. The molecule has 1 N–H and O–H groups in total. The lowest BCUT2D eigenvalue weighted by molar-refractivity contribution is -0.137. The second kappa shape index (κ2) is 6.17. The maximum atomic E-state index is 12.6. The van der Waals surface area contributed by atoms with E-state index in [2.05, 4.69) is 19.2 Å². The average Bonchev–Trinajstić information content (AvgIpc) is 2.77. The van der Waals surface area contributed by atoms with Gasteiger partial charge in [-0.15, -0.1) is 0 Å². The molecule has 0 spiro atoms. The van der Waals surface area contributed by atoms with Crippen LogP contribution in [-0.2, 0) is 6.18 Å². The van der Waals surface area contributed by atoms with Crippen molar-refractivity contribution in [3.05, 3.63) is 35.4 Å². The third-order valence-corrected chi connectivity index (χ3v) is 4.38. The summed E-state index contributed by atoms with van der Waals surface area (Å²) in [6, 6.07) is 6.18. The van der Waals surface area contributed by atoms with Gasteiger partial charge in [0, 0.05) is 6.04 Å². The van der Waals surface area contributed by atoms with Gasteiger partial charge in [-0.05, 0) is 55.3 Å². The van der Waals surface area contributed by atoms with Gasteiger partial charge in [-0.3, -0.25) is 0 Å². The first-order valence-corrected chi connectivity index (χ1v) is 7.34. The first-order chi connectivity index (χ1) is 9.43. The van der Waals surface area contributed by atoms with E-state index in [4.69, 9.17) is 0 Å². The van der Waals surface area contributed by atoms with Gasteiger partial charge >= 0.3 is 6.18 Å². The Balaban J connectivity index is 2.05. The van der Waals surface area contributed by atoms with Crippen LogP contribution in [0.1, 0.15) is 50.2 Å². The molecule has 1 aliphatic carbocycles. The van der Waals surface area contributed by atoms with Crippen LogP contribution in [0.2, 0.25) is 0 Å². The fraction of sp³-hybridized carbons (Fsp3) is 0.625. The summed E-state index contributed by atoms with van der Waals surface area (Å²) < 4.78 is 37.7. The van der Waals surface area contributed by atoms with E-state index in [9.17, 15) is 13.2 Å². The second-order valence-electron chi connectivity index (χ2n) is 5.72. The third kappa shape index (κ3) is 3.35. The Morgan fingerprint density at radius 1 is 1.15 bits per heavy atom.